The highest BCUT2D eigenvalue weighted by Gasteiger charge is 2.13. The molecule has 16 heavy (non-hydrogen) atoms. The maximum absolute atomic E-state index is 10.8. The van der Waals surface area contributed by atoms with Gasteiger partial charge in [-0.05, 0) is 18.5 Å². The van der Waals surface area contributed by atoms with E-state index in [9.17, 15) is 4.79 Å². The standard InChI is InChI=1S/C8H10N4OS.C2H6/c1-3-10-7-6(4-9)8(14-12-7)11-5(2)13;1-2/h3H2,1-2H3,(H,10,12)(H,11,13);1-2H3. The molecule has 0 spiro atoms. The Hall–Kier alpha value is -1.61. The second-order valence-corrected chi connectivity index (χ2v) is 3.33. The van der Waals surface area contributed by atoms with Crippen LogP contribution in [0.4, 0.5) is 10.8 Å². The lowest BCUT2D eigenvalue weighted by atomic mass is 10.3. The fourth-order valence-corrected chi connectivity index (χ4v) is 1.69. The first kappa shape index (κ1) is 14.4. The summed E-state index contributed by atoms with van der Waals surface area (Å²) in [5.74, 6) is 0.331. The van der Waals surface area contributed by atoms with Gasteiger partial charge in [-0.2, -0.15) is 9.64 Å². The summed E-state index contributed by atoms with van der Waals surface area (Å²) in [6.07, 6.45) is 0. The molecule has 5 nitrogen and oxygen atoms in total. The van der Waals surface area contributed by atoms with Crippen molar-refractivity contribution in [2.24, 2.45) is 0 Å². The first-order valence-corrected chi connectivity index (χ1v) is 5.87. The highest BCUT2D eigenvalue weighted by molar-refractivity contribution is 7.11. The van der Waals surface area contributed by atoms with E-state index >= 15 is 0 Å². The predicted octanol–water partition coefficient (Wildman–Crippen LogP) is 2.43. The fraction of sp³-hybridized carbons (Fsp3) is 0.500. The number of carbonyl (C=O) groups excluding carboxylic acids is 1. The van der Waals surface area contributed by atoms with E-state index in [0.717, 1.165) is 11.5 Å². The Morgan fingerprint density at radius 1 is 1.56 bits per heavy atom. The van der Waals surface area contributed by atoms with Crippen LogP contribution in [-0.2, 0) is 4.79 Å². The minimum Gasteiger partial charge on any atom is -0.368 e. The molecule has 0 saturated carbocycles. The van der Waals surface area contributed by atoms with Gasteiger partial charge >= 0.3 is 0 Å². The zero-order chi connectivity index (χ0) is 12.6. The number of hydrogen-bond donors (Lipinski definition) is 2. The van der Waals surface area contributed by atoms with Crippen LogP contribution in [0, 0.1) is 11.3 Å². The van der Waals surface area contributed by atoms with E-state index in [-0.39, 0.29) is 5.91 Å². The van der Waals surface area contributed by atoms with Gasteiger partial charge in [-0.3, -0.25) is 4.79 Å². The number of carbonyl (C=O) groups is 1. The van der Waals surface area contributed by atoms with Crippen LogP contribution in [-0.4, -0.2) is 16.8 Å². The van der Waals surface area contributed by atoms with Crippen LogP contribution in [0.5, 0.6) is 0 Å². The van der Waals surface area contributed by atoms with Crippen LogP contribution in [0.2, 0.25) is 0 Å². The summed E-state index contributed by atoms with van der Waals surface area (Å²) in [6, 6.07) is 2.01. The summed E-state index contributed by atoms with van der Waals surface area (Å²) in [7, 11) is 0. The molecule has 1 rings (SSSR count). The van der Waals surface area contributed by atoms with Crippen molar-refractivity contribution in [2.75, 3.05) is 17.2 Å². The molecule has 1 heterocycles. The topological polar surface area (TPSA) is 77.8 Å². The van der Waals surface area contributed by atoms with Gasteiger partial charge < -0.3 is 10.6 Å². The largest absolute Gasteiger partial charge is 0.368 e. The number of amides is 1. The molecule has 1 aromatic rings. The molecule has 0 aromatic carbocycles. The Kier molecular flexibility index (Phi) is 6.88. The molecule has 6 heteroatoms. The molecular weight excluding hydrogens is 224 g/mol. The molecule has 0 unspecified atom stereocenters. The molecule has 0 fully saturated rings. The molecule has 0 saturated heterocycles. The first-order valence-electron chi connectivity index (χ1n) is 5.10. The van der Waals surface area contributed by atoms with Gasteiger partial charge in [0.1, 0.15) is 16.6 Å². The second-order valence-electron chi connectivity index (χ2n) is 2.56. The van der Waals surface area contributed by atoms with Crippen molar-refractivity contribution in [2.45, 2.75) is 27.7 Å². The van der Waals surface area contributed by atoms with Crippen LogP contribution in [0.15, 0.2) is 0 Å². The van der Waals surface area contributed by atoms with E-state index in [0.29, 0.717) is 22.9 Å². The van der Waals surface area contributed by atoms with Crippen molar-refractivity contribution in [3.05, 3.63) is 5.56 Å². The van der Waals surface area contributed by atoms with Crippen molar-refractivity contribution in [1.82, 2.24) is 4.37 Å². The summed E-state index contributed by atoms with van der Waals surface area (Å²) in [5.41, 5.74) is 0.395. The van der Waals surface area contributed by atoms with Gasteiger partial charge in [-0.15, -0.1) is 0 Å². The number of anilines is 2. The van der Waals surface area contributed by atoms with E-state index in [4.69, 9.17) is 5.26 Å². The summed E-state index contributed by atoms with van der Waals surface area (Å²) in [5, 5.41) is 14.9. The summed E-state index contributed by atoms with van der Waals surface area (Å²) in [6.45, 7) is 8.00. The number of nitrogens with one attached hydrogen (secondary N) is 2. The van der Waals surface area contributed by atoms with Crippen molar-refractivity contribution >= 4 is 28.3 Å². The van der Waals surface area contributed by atoms with Crippen LogP contribution in [0.3, 0.4) is 0 Å². The normalized spacial score (nSPS) is 8.44. The molecule has 1 amide bonds. The van der Waals surface area contributed by atoms with E-state index in [1.54, 1.807) is 0 Å². The summed E-state index contributed by atoms with van der Waals surface area (Å²) < 4.78 is 4.02. The zero-order valence-corrected chi connectivity index (χ0v) is 10.7. The Morgan fingerprint density at radius 3 is 2.62 bits per heavy atom. The predicted molar refractivity (Wildman–Crippen MR) is 66.6 cm³/mol. The van der Waals surface area contributed by atoms with Crippen molar-refractivity contribution in [3.63, 3.8) is 0 Å². The molecule has 0 aliphatic heterocycles. The fourth-order valence-electron chi connectivity index (χ4n) is 0.927. The van der Waals surface area contributed by atoms with Gasteiger partial charge in [0, 0.05) is 13.5 Å². The lowest BCUT2D eigenvalue weighted by molar-refractivity contribution is -0.114. The van der Waals surface area contributed by atoms with E-state index in [2.05, 4.69) is 15.0 Å². The lowest BCUT2D eigenvalue weighted by Gasteiger charge is -1.98. The third kappa shape index (κ3) is 3.87. The van der Waals surface area contributed by atoms with Crippen molar-refractivity contribution in [3.8, 4) is 6.07 Å². The van der Waals surface area contributed by atoms with Crippen molar-refractivity contribution in [1.29, 1.82) is 5.26 Å². The van der Waals surface area contributed by atoms with Crippen molar-refractivity contribution < 1.29 is 4.79 Å². The average molecular weight is 240 g/mol. The lowest BCUT2D eigenvalue weighted by Crippen LogP contribution is -2.06. The second kappa shape index (κ2) is 7.65. The van der Waals surface area contributed by atoms with E-state index in [1.165, 1.54) is 6.92 Å². The van der Waals surface area contributed by atoms with Gasteiger partial charge in [0.05, 0.1) is 0 Å². The smallest absolute Gasteiger partial charge is 0.221 e. The quantitative estimate of drug-likeness (QED) is 0.850. The van der Waals surface area contributed by atoms with Crippen LogP contribution < -0.4 is 10.6 Å². The maximum Gasteiger partial charge on any atom is 0.221 e. The minimum absolute atomic E-state index is 0.201. The number of hydrogen-bond acceptors (Lipinski definition) is 5. The Labute approximate surface area is 99.6 Å². The Balaban J connectivity index is 0.00000106. The van der Waals surface area contributed by atoms with Crippen LogP contribution >= 0.6 is 11.5 Å². The van der Waals surface area contributed by atoms with Gasteiger partial charge in [0.25, 0.3) is 0 Å². The molecule has 88 valence electrons. The molecule has 1 aromatic heterocycles. The number of nitriles is 1. The molecular formula is C10H16N4OS. The van der Waals surface area contributed by atoms with Gasteiger partial charge in [0.2, 0.25) is 5.91 Å². The molecule has 2 N–H and O–H groups in total. The molecule has 0 aliphatic rings. The van der Waals surface area contributed by atoms with Gasteiger partial charge in [-0.25, -0.2) is 0 Å². The SMILES string of the molecule is CC.CCNc1nsc(NC(C)=O)c1C#N. The Bertz CT molecular complexity index is 381. The third-order valence-electron chi connectivity index (χ3n) is 1.44. The zero-order valence-electron chi connectivity index (χ0n) is 9.92. The third-order valence-corrected chi connectivity index (χ3v) is 2.20. The molecule has 0 bridgehead atoms. The number of nitrogens with zero attached hydrogens (tertiary/aromatic N) is 2. The van der Waals surface area contributed by atoms with Gasteiger partial charge in [0.15, 0.2) is 5.82 Å². The van der Waals surface area contributed by atoms with E-state index < -0.39 is 0 Å². The summed E-state index contributed by atoms with van der Waals surface area (Å²) >= 11 is 1.10. The summed E-state index contributed by atoms with van der Waals surface area (Å²) in [4.78, 5) is 10.8. The van der Waals surface area contributed by atoms with Gasteiger partial charge in [-0.1, -0.05) is 13.8 Å². The monoisotopic (exact) mass is 240 g/mol. The first-order chi connectivity index (χ1) is 7.69. The number of aromatic nitrogens is 1. The number of rotatable bonds is 3. The van der Waals surface area contributed by atoms with Crippen LogP contribution in [0.25, 0.3) is 0 Å². The highest BCUT2D eigenvalue weighted by atomic mass is 32.1. The minimum atomic E-state index is -0.201. The van der Waals surface area contributed by atoms with E-state index in [1.807, 2.05) is 26.8 Å². The maximum atomic E-state index is 10.8. The molecule has 0 radical (unpaired) electrons. The highest BCUT2D eigenvalue weighted by Crippen LogP contribution is 2.27. The van der Waals surface area contributed by atoms with Crippen LogP contribution in [0.1, 0.15) is 33.3 Å². The molecule has 0 aliphatic carbocycles. The average Bonchev–Trinajstić information content (AvgIpc) is 2.63. The Morgan fingerprint density at radius 2 is 2.19 bits per heavy atom. The molecule has 0 atom stereocenters.